The highest BCUT2D eigenvalue weighted by molar-refractivity contribution is 5.97. The lowest BCUT2D eigenvalue weighted by molar-refractivity contribution is -0.141. The molecule has 0 saturated carbocycles. The van der Waals surface area contributed by atoms with Crippen molar-refractivity contribution < 1.29 is 22.6 Å². The number of anilines is 1. The summed E-state index contributed by atoms with van der Waals surface area (Å²) >= 11 is 0. The van der Waals surface area contributed by atoms with E-state index in [-0.39, 0.29) is 29.4 Å². The molecule has 1 heterocycles. The van der Waals surface area contributed by atoms with Crippen LogP contribution in [0.1, 0.15) is 11.3 Å². The van der Waals surface area contributed by atoms with E-state index in [1.165, 1.54) is 20.3 Å². The van der Waals surface area contributed by atoms with Crippen molar-refractivity contribution in [2.75, 3.05) is 20.0 Å². The van der Waals surface area contributed by atoms with Crippen molar-refractivity contribution >= 4 is 29.0 Å². The second-order valence-corrected chi connectivity index (χ2v) is 4.25. The molecule has 0 aliphatic carbocycles. The number of aromatic nitrogens is 1. The highest BCUT2D eigenvalue weighted by Gasteiger charge is 2.34. The lowest BCUT2D eigenvalue weighted by Crippen LogP contribution is -2.09. The Hall–Kier alpha value is -1.89. The van der Waals surface area contributed by atoms with Gasteiger partial charge in [-0.1, -0.05) is 0 Å². The summed E-state index contributed by atoms with van der Waals surface area (Å²) in [7, 11) is 2.74. The van der Waals surface area contributed by atoms with Crippen molar-refractivity contribution in [3.8, 4) is 11.5 Å². The van der Waals surface area contributed by atoms with Crippen LogP contribution in [0.2, 0.25) is 0 Å². The molecule has 1 aromatic carbocycles. The summed E-state index contributed by atoms with van der Waals surface area (Å²) < 4.78 is 48.7. The molecule has 0 saturated heterocycles. The largest absolute Gasteiger partial charge is 0.494 e. The van der Waals surface area contributed by atoms with Gasteiger partial charge >= 0.3 is 6.18 Å². The minimum Gasteiger partial charge on any atom is -0.494 e. The number of nitrogens with zero attached hydrogens (tertiary/aromatic N) is 1. The maximum Gasteiger partial charge on any atom is 0.433 e. The second kappa shape index (κ2) is 5.85. The molecule has 0 spiro atoms. The first-order valence-electron chi connectivity index (χ1n) is 5.68. The van der Waals surface area contributed by atoms with Crippen molar-refractivity contribution in [1.29, 1.82) is 0 Å². The van der Waals surface area contributed by atoms with Gasteiger partial charge in [-0.25, -0.2) is 4.98 Å². The molecule has 0 radical (unpaired) electrons. The maximum atomic E-state index is 12.8. The lowest BCUT2D eigenvalue weighted by atomic mass is 10.1. The minimum atomic E-state index is -4.53. The fourth-order valence-corrected chi connectivity index (χ4v) is 2.08. The van der Waals surface area contributed by atoms with Gasteiger partial charge in [0.1, 0.15) is 17.0 Å². The molecular weight excluding hydrogens is 309 g/mol. The Morgan fingerprint density at radius 3 is 2.24 bits per heavy atom. The molecule has 8 heteroatoms. The molecule has 4 nitrogen and oxygen atoms in total. The zero-order valence-electron chi connectivity index (χ0n) is 11.5. The highest BCUT2D eigenvalue weighted by Crippen LogP contribution is 2.41. The fourth-order valence-electron chi connectivity index (χ4n) is 2.08. The van der Waals surface area contributed by atoms with Crippen molar-refractivity contribution in [3.05, 3.63) is 23.4 Å². The molecule has 0 amide bonds. The van der Waals surface area contributed by atoms with E-state index < -0.39 is 11.9 Å². The van der Waals surface area contributed by atoms with E-state index in [9.17, 15) is 13.2 Å². The zero-order valence-corrected chi connectivity index (χ0v) is 12.4. The van der Waals surface area contributed by atoms with E-state index in [0.29, 0.717) is 16.7 Å². The average Bonchev–Trinajstić information content (AvgIpc) is 2.37. The van der Waals surface area contributed by atoms with Crippen LogP contribution < -0.4 is 15.2 Å². The van der Waals surface area contributed by atoms with Crippen LogP contribution in [0.25, 0.3) is 10.9 Å². The number of benzene rings is 1. The zero-order chi connectivity index (χ0) is 15.1. The number of nitrogens with two attached hydrogens (primary N) is 1. The molecule has 0 aliphatic rings. The number of hydrogen-bond donors (Lipinski definition) is 1. The third kappa shape index (κ3) is 2.92. The summed E-state index contributed by atoms with van der Waals surface area (Å²) in [6.45, 7) is 1.54. The van der Waals surface area contributed by atoms with Crippen LogP contribution in [0, 0.1) is 6.92 Å². The SMILES string of the molecule is COc1cc(N)c(OC)c2c(C)cc(C(F)(F)F)nc12.Cl. The monoisotopic (exact) mass is 322 g/mol. The van der Waals surface area contributed by atoms with Crippen molar-refractivity contribution in [1.82, 2.24) is 4.98 Å². The molecule has 1 aromatic heterocycles. The Balaban J connectivity index is 0.00000220. The third-order valence-electron chi connectivity index (χ3n) is 2.94. The molecule has 0 bridgehead atoms. The summed E-state index contributed by atoms with van der Waals surface area (Å²) in [6, 6.07) is 2.36. The van der Waals surface area contributed by atoms with Gasteiger partial charge in [-0.3, -0.25) is 0 Å². The van der Waals surface area contributed by atoms with Crippen LogP contribution in [0.15, 0.2) is 12.1 Å². The number of ether oxygens (including phenoxy) is 2. The minimum absolute atomic E-state index is 0. The first-order chi connectivity index (χ1) is 9.29. The number of fused-ring (bicyclic) bond motifs is 1. The number of aryl methyl sites for hydroxylation is 1. The van der Waals surface area contributed by atoms with E-state index in [1.54, 1.807) is 6.92 Å². The standard InChI is InChI=1S/C13H13F3N2O2.ClH/c1-6-4-9(13(14,15)16)18-11-8(19-2)5-7(17)12(20-3)10(6)11;/h4-5H,17H2,1-3H3;1H. The summed E-state index contributed by atoms with van der Waals surface area (Å²) in [4.78, 5) is 3.64. The fraction of sp³-hybridized carbons (Fsp3) is 0.308. The maximum absolute atomic E-state index is 12.8. The number of hydrogen-bond acceptors (Lipinski definition) is 4. The van der Waals surface area contributed by atoms with Crippen molar-refractivity contribution in [2.24, 2.45) is 0 Å². The van der Waals surface area contributed by atoms with Crippen LogP contribution in [0.5, 0.6) is 11.5 Å². The Morgan fingerprint density at radius 2 is 1.76 bits per heavy atom. The molecule has 21 heavy (non-hydrogen) atoms. The van der Waals surface area contributed by atoms with Crippen molar-refractivity contribution in [2.45, 2.75) is 13.1 Å². The first-order valence-corrected chi connectivity index (χ1v) is 5.68. The van der Waals surface area contributed by atoms with E-state index in [2.05, 4.69) is 4.98 Å². The molecule has 116 valence electrons. The molecule has 0 fully saturated rings. The van der Waals surface area contributed by atoms with Gasteiger partial charge in [0.05, 0.1) is 25.3 Å². The average molecular weight is 323 g/mol. The normalized spacial score (nSPS) is 11.1. The summed E-state index contributed by atoms with van der Waals surface area (Å²) in [6.07, 6.45) is -4.53. The number of pyridine rings is 1. The summed E-state index contributed by atoms with van der Waals surface area (Å²) in [5.41, 5.74) is 5.55. The van der Waals surface area contributed by atoms with Gasteiger partial charge in [-0.05, 0) is 18.6 Å². The number of methoxy groups -OCH3 is 2. The third-order valence-corrected chi connectivity index (χ3v) is 2.94. The number of halogens is 4. The number of alkyl halides is 3. The summed E-state index contributed by atoms with van der Waals surface area (Å²) in [5, 5.41) is 0.414. The number of nitrogen functional groups attached to an aromatic ring is 1. The van der Waals surface area contributed by atoms with Gasteiger partial charge in [0, 0.05) is 6.07 Å². The number of rotatable bonds is 2. The first kappa shape index (κ1) is 17.2. The van der Waals surface area contributed by atoms with E-state index in [0.717, 1.165) is 6.07 Å². The van der Waals surface area contributed by atoms with Crippen LogP contribution in [0.4, 0.5) is 18.9 Å². The molecule has 2 aromatic rings. The lowest BCUT2D eigenvalue weighted by Gasteiger charge is -2.16. The summed E-state index contributed by atoms with van der Waals surface area (Å²) in [5.74, 6) is 0.465. The van der Waals surface area contributed by atoms with Crippen LogP contribution >= 0.6 is 12.4 Å². The Kier molecular flexibility index (Phi) is 4.78. The highest BCUT2D eigenvalue weighted by atomic mass is 35.5. The van der Waals surface area contributed by atoms with Crippen LogP contribution in [-0.4, -0.2) is 19.2 Å². The quantitative estimate of drug-likeness (QED) is 0.859. The predicted molar refractivity (Wildman–Crippen MR) is 76.2 cm³/mol. The molecule has 2 rings (SSSR count). The van der Waals surface area contributed by atoms with E-state index in [4.69, 9.17) is 15.2 Å². The predicted octanol–water partition coefficient (Wildman–Crippen LogP) is 3.58. The second-order valence-electron chi connectivity index (χ2n) is 4.25. The van der Waals surface area contributed by atoms with Gasteiger partial charge in [0.15, 0.2) is 5.75 Å². The molecule has 0 atom stereocenters. The molecule has 2 N–H and O–H groups in total. The molecule has 0 aliphatic heterocycles. The van der Waals surface area contributed by atoms with Gasteiger partial charge in [0.25, 0.3) is 0 Å². The Labute approximate surface area is 125 Å². The van der Waals surface area contributed by atoms with Gasteiger partial charge < -0.3 is 15.2 Å². The Bertz CT molecular complexity index is 675. The smallest absolute Gasteiger partial charge is 0.433 e. The van der Waals surface area contributed by atoms with Gasteiger partial charge in [-0.2, -0.15) is 13.2 Å². The molecular formula is C13H14ClF3N2O2. The van der Waals surface area contributed by atoms with Gasteiger partial charge in [-0.15, -0.1) is 12.4 Å². The van der Waals surface area contributed by atoms with Crippen LogP contribution in [-0.2, 0) is 6.18 Å². The van der Waals surface area contributed by atoms with E-state index >= 15 is 0 Å². The Morgan fingerprint density at radius 1 is 1.14 bits per heavy atom. The topological polar surface area (TPSA) is 57.4 Å². The van der Waals surface area contributed by atoms with Crippen LogP contribution in [0.3, 0.4) is 0 Å². The van der Waals surface area contributed by atoms with Gasteiger partial charge in [0.2, 0.25) is 0 Å². The molecule has 0 unspecified atom stereocenters. The van der Waals surface area contributed by atoms with E-state index in [1.807, 2.05) is 0 Å². The van der Waals surface area contributed by atoms with Crippen molar-refractivity contribution in [3.63, 3.8) is 0 Å².